The number of nitrogens with zero attached hydrogens (tertiary/aromatic N) is 1. The van der Waals surface area contributed by atoms with Gasteiger partial charge in [-0.3, -0.25) is 0 Å². The number of fused-ring (bicyclic) bond motifs is 1. The Labute approximate surface area is 202 Å². The van der Waals surface area contributed by atoms with Crippen LogP contribution < -0.4 is 24.3 Å². The summed E-state index contributed by atoms with van der Waals surface area (Å²) in [4.78, 5) is 2.10. The van der Waals surface area contributed by atoms with Crippen molar-refractivity contribution in [1.82, 2.24) is 10.2 Å². The molecule has 0 aromatic heterocycles. The Hall–Kier alpha value is -3.22. The highest BCUT2D eigenvalue weighted by atomic mass is 16.5. The Morgan fingerprint density at radius 3 is 2.35 bits per heavy atom. The van der Waals surface area contributed by atoms with Crippen molar-refractivity contribution in [1.29, 1.82) is 0 Å². The Kier molecular flexibility index (Phi) is 7.93. The smallest absolute Gasteiger partial charge is 0.161 e. The van der Waals surface area contributed by atoms with Gasteiger partial charge in [-0.15, -0.1) is 0 Å². The van der Waals surface area contributed by atoms with Crippen LogP contribution in [0, 0.1) is 0 Å². The Balaban J connectivity index is 1.58. The molecule has 34 heavy (non-hydrogen) atoms. The van der Waals surface area contributed by atoms with E-state index in [0.29, 0.717) is 13.2 Å². The van der Waals surface area contributed by atoms with Gasteiger partial charge >= 0.3 is 0 Å². The lowest BCUT2D eigenvalue weighted by atomic mass is 9.89. The number of hydrogen-bond donors (Lipinski definition) is 1. The summed E-state index contributed by atoms with van der Waals surface area (Å²) in [7, 11) is 7.44. The molecule has 1 heterocycles. The van der Waals surface area contributed by atoms with Crippen LogP contribution in [0.4, 0.5) is 0 Å². The van der Waals surface area contributed by atoms with Gasteiger partial charge in [-0.1, -0.05) is 36.4 Å². The van der Waals surface area contributed by atoms with E-state index < -0.39 is 0 Å². The van der Waals surface area contributed by atoms with E-state index in [0.717, 1.165) is 53.6 Å². The third-order valence-corrected chi connectivity index (χ3v) is 6.03. The average molecular weight is 463 g/mol. The lowest BCUT2D eigenvalue weighted by molar-refractivity contribution is 0.250. The fraction of sp³-hybridized carbons (Fsp3) is 0.357. The lowest BCUT2D eigenvalue weighted by Gasteiger charge is -2.29. The number of methoxy groups -OCH3 is 2. The van der Waals surface area contributed by atoms with E-state index in [1.807, 2.05) is 38.4 Å². The van der Waals surface area contributed by atoms with Gasteiger partial charge in [-0.25, -0.2) is 0 Å². The molecule has 3 aromatic carbocycles. The summed E-state index contributed by atoms with van der Waals surface area (Å²) in [5.74, 6) is 3.00. The minimum atomic E-state index is 0.0305. The highest BCUT2D eigenvalue weighted by Crippen LogP contribution is 2.39. The molecule has 0 aliphatic carbocycles. The van der Waals surface area contributed by atoms with Crippen LogP contribution in [0.5, 0.6) is 23.0 Å². The lowest BCUT2D eigenvalue weighted by Crippen LogP contribution is -2.30. The number of rotatable bonds is 10. The monoisotopic (exact) mass is 462 g/mol. The zero-order chi connectivity index (χ0) is 23.9. The summed E-state index contributed by atoms with van der Waals surface area (Å²) in [5, 5.41) is 3.66. The van der Waals surface area contributed by atoms with Crippen molar-refractivity contribution in [3.8, 4) is 23.0 Å². The van der Waals surface area contributed by atoms with Crippen LogP contribution in [0.25, 0.3) is 0 Å². The molecular weight excluding hydrogens is 428 g/mol. The van der Waals surface area contributed by atoms with E-state index in [9.17, 15) is 0 Å². The number of likely N-dealkylation sites (N-methyl/N-ethyl adjacent to an activating group) is 1. The molecule has 1 aliphatic heterocycles. The standard InChI is InChI=1S/C28H34N2O4/c1-30(2)14-15-33-27-18-23-21(16-26(27)32-4)12-13-29-28(23)22-10-11-24(25(17-22)31-3)34-19-20-8-6-5-7-9-20/h5-11,16-18,28-29H,12-15,19H2,1-4H3. The van der Waals surface area contributed by atoms with E-state index in [2.05, 4.69) is 46.6 Å². The molecule has 0 saturated carbocycles. The molecule has 6 nitrogen and oxygen atoms in total. The molecule has 0 spiro atoms. The first-order valence-electron chi connectivity index (χ1n) is 11.7. The highest BCUT2D eigenvalue weighted by molar-refractivity contribution is 5.53. The van der Waals surface area contributed by atoms with Gasteiger partial charge in [0.1, 0.15) is 13.2 Å². The van der Waals surface area contributed by atoms with Crippen molar-refractivity contribution < 1.29 is 18.9 Å². The van der Waals surface area contributed by atoms with Crippen LogP contribution in [0.3, 0.4) is 0 Å². The van der Waals surface area contributed by atoms with E-state index in [-0.39, 0.29) is 6.04 Å². The third-order valence-electron chi connectivity index (χ3n) is 6.03. The predicted molar refractivity (Wildman–Crippen MR) is 134 cm³/mol. The quantitative estimate of drug-likeness (QED) is 0.480. The second kappa shape index (κ2) is 11.3. The first-order chi connectivity index (χ1) is 16.6. The van der Waals surface area contributed by atoms with Crippen LogP contribution >= 0.6 is 0 Å². The zero-order valence-electron chi connectivity index (χ0n) is 20.5. The van der Waals surface area contributed by atoms with Gasteiger partial charge in [-0.2, -0.15) is 0 Å². The summed E-state index contributed by atoms with van der Waals surface area (Å²) in [6.07, 6.45) is 0.940. The second-order valence-electron chi connectivity index (χ2n) is 8.68. The van der Waals surface area contributed by atoms with Gasteiger partial charge in [0.15, 0.2) is 23.0 Å². The van der Waals surface area contributed by atoms with Crippen LogP contribution in [0.2, 0.25) is 0 Å². The summed E-state index contributed by atoms with van der Waals surface area (Å²) < 4.78 is 23.5. The molecule has 1 unspecified atom stereocenters. The maximum absolute atomic E-state index is 6.09. The van der Waals surface area contributed by atoms with Crippen molar-refractivity contribution in [3.63, 3.8) is 0 Å². The number of benzene rings is 3. The van der Waals surface area contributed by atoms with Gasteiger partial charge in [0.2, 0.25) is 0 Å². The molecule has 6 heteroatoms. The zero-order valence-corrected chi connectivity index (χ0v) is 20.5. The SMILES string of the molecule is COc1cc2c(cc1OCCN(C)C)C(c1ccc(OCc3ccccc3)c(OC)c1)NCC2. The maximum Gasteiger partial charge on any atom is 0.161 e. The minimum Gasteiger partial charge on any atom is -0.493 e. The van der Waals surface area contributed by atoms with Crippen LogP contribution in [0.1, 0.15) is 28.3 Å². The number of ether oxygens (including phenoxy) is 4. The van der Waals surface area contributed by atoms with Gasteiger partial charge in [0.05, 0.1) is 20.3 Å². The second-order valence-corrected chi connectivity index (χ2v) is 8.68. The maximum atomic E-state index is 6.09. The topological polar surface area (TPSA) is 52.2 Å². The molecule has 3 aromatic rings. The van der Waals surface area contributed by atoms with E-state index >= 15 is 0 Å². The Morgan fingerprint density at radius 1 is 0.853 bits per heavy atom. The number of nitrogens with one attached hydrogen (secondary N) is 1. The molecule has 0 amide bonds. The Morgan fingerprint density at radius 2 is 1.62 bits per heavy atom. The first-order valence-corrected chi connectivity index (χ1v) is 11.7. The van der Waals surface area contributed by atoms with E-state index in [4.69, 9.17) is 18.9 Å². The molecule has 4 rings (SSSR count). The van der Waals surface area contributed by atoms with Crippen LogP contribution in [-0.4, -0.2) is 52.9 Å². The molecule has 1 aliphatic rings. The average Bonchev–Trinajstić information content (AvgIpc) is 2.87. The van der Waals surface area contributed by atoms with Gasteiger partial charge in [0.25, 0.3) is 0 Å². The van der Waals surface area contributed by atoms with Crippen molar-refractivity contribution in [2.75, 3.05) is 48.0 Å². The summed E-state index contributed by atoms with van der Waals surface area (Å²) >= 11 is 0. The third kappa shape index (κ3) is 5.64. The van der Waals surface area contributed by atoms with Crippen molar-refractivity contribution in [2.24, 2.45) is 0 Å². The molecule has 0 bridgehead atoms. The first kappa shape index (κ1) is 23.9. The van der Waals surface area contributed by atoms with E-state index in [1.54, 1.807) is 14.2 Å². The fourth-order valence-corrected chi connectivity index (χ4v) is 4.19. The molecule has 0 fully saturated rings. The van der Waals surface area contributed by atoms with Crippen LogP contribution in [-0.2, 0) is 13.0 Å². The highest BCUT2D eigenvalue weighted by Gasteiger charge is 2.25. The van der Waals surface area contributed by atoms with E-state index in [1.165, 1.54) is 11.1 Å². The molecule has 1 atom stereocenters. The fourth-order valence-electron chi connectivity index (χ4n) is 4.19. The van der Waals surface area contributed by atoms with Crippen LogP contribution in [0.15, 0.2) is 60.7 Å². The van der Waals surface area contributed by atoms with Gasteiger partial charge < -0.3 is 29.2 Å². The Bertz CT molecular complexity index is 1090. The van der Waals surface area contributed by atoms with Gasteiger partial charge in [0, 0.05) is 13.1 Å². The predicted octanol–water partition coefficient (Wildman–Crippen LogP) is 4.46. The van der Waals surface area contributed by atoms with Gasteiger partial charge in [-0.05, 0) is 67.0 Å². The molecule has 0 radical (unpaired) electrons. The summed E-state index contributed by atoms with van der Waals surface area (Å²) in [6, 6.07) is 20.5. The minimum absolute atomic E-state index is 0.0305. The van der Waals surface area contributed by atoms with Crippen molar-refractivity contribution in [3.05, 3.63) is 82.9 Å². The normalized spacial score (nSPS) is 15.0. The molecule has 0 saturated heterocycles. The van der Waals surface area contributed by atoms with Crippen molar-refractivity contribution in [2.45, 2.75) is 19.1 Å². The van der Waals surface area contributed by atoms with Crippen molar-refractivity contribution >= 4 is 0 Å². The number of hydrogen-bond acceptors (Lipinski definition) is 6. The molecule has 180 valence electrons. The molecular formula is C28H34N2O4. The molecule has 1 N–H and O–H groups in total. The summed E-state index contributed by atoms with van der Waals surface area (Å²) in [6.45, 7) is 2.82. The largest absolute Gasteiger partial charge is 0.493 e. The summed E-state index contributed by atoms with van der Waals surface area (Å²) in [5.41, 5.74) is 4.71.